The molecule has 0 aromatic rings. The van der Waals surface area contributed by atoms with Gasteiger partial charge in [-0.1, -0.05) is 0 Å². The van der Waals surface area contributed by atoms with Crippen LogP contribution in [0, 0.1) is 5.92 Å². The summed E-state index contributed by atoms with van der Waals surface area (Å²) in [7, 11) is 1.86. The van der Waals surface area contributed by atoms with Gasteiger partial charge in [-0.15, -0.1) is 0 Å². The van der Waals surface area contributed by atoms with Crippen LogP contribution in [0.5, 0.6) is 0 Å². The van der Waals surface area contributed by atoms with E-state index in [9.17, 15) is 9.90 Å². The molecule has 1 saturated heterocycles. The molecule has 0 spiro atoms. The standard InChI is InChI=1S/C13H26N2O2/c1-9(2)14(5)13(17)11-6-12(8-16)15(7-11)10(3)4/h9-12,16H,6-8H2,1-5H3. The summed E-state index contributed by atoms with van der Waals surface area (Å²) >= 11 is 0. The van der Waals surface area contributed by atoms with Gasteiger partial charge in [0, 0.05) is 31.7 Å². The fraction of sp³-hybridized carbons (Fsp3) is 0.923. The van der Waals surface area contributed by atoms with Gasteiger partial charge in [0.25, 0.3) is 0 Å². The predicted molar refractivity (Wildman–Crippen MR) is 68.7 cm³/mol. The van der Waals surface area contributed by atoms with Crippen LogP contribution in [0.25, 0.3) is 0 Å². The van der Waals surface area contributed by atoms with Gasteiger partial charge in [0.15, 0.2) is 0 Å². The van der Waals surface area contributed by atoms with Crippen LogP contribution in [0.3, 0.4) is 0 Å². The number of aliphatic hydroxyl groups excluding tert-OH is 1. The maximum atomic E-state index is 12.2. The monoisotopic (exact) mass is 242 g/mol. The van der Waals surface area contributed by atoms with Gasteiger partial charge >= 0.3 is 0 Å². The third-order valence-electron chi connectivity index (χ3n) is 3.80. The molecule has 2 unspecified atom stereocenters. The second kappa shape index (κ2) is 5.83. The van der Waals surface area contributed by atoms with E-state index in [0.717, 1.165) is 13.0 Å². The van der Waals surface area contributed by atoms with E-state index in [2.05, 4.69) is 18.7 Å². The number of aliphatic hydroxyl groups is 1. The van der Waals surface area contributed by atoms with Crippen molar-refractivity contribution in [3.8, 4) is 0 Å². The van der Waals surface area contributed by atoms with Gasteiger partial charge in [0.1, 0.15) is 0 Å². The molecular weight excluding hydrogens is 216 g/mol. The van der Waals surface area contributed by atoms with Crippen LogP contribution in [0.15, 0.2) is 0 Å². The highest BCUT2D eigenvalue weighted by molar-refractivity contribution is 5.79. The molecule has 0 aromatic heterocycles. The molecule has 1 N–H and O–H groups in total. The van der Waals surface area contributed by atoms with Crippen molar-refractivity contribution in [2.24, 2.45) is 5.92 Å². The molecule has 1 heterocycles. The second-order valence-electron chi connectivity index (χ2n) is 5.60. The zero-order chi connectivity index (χ0) is 13.2. The number of hydrogen-bond donors (Lipinski definition) is 1. The lowest BCUT2D eigenvalue weighted by Gasteiger charge is -2.27. The molecule has 1 aliphatic heterocycles. The number of carbonyl (C=O) groups is 1. The summed E-state index contributed by atoms with van der Waals surface area (Å²) in [6, 6.07) is 0.766. The van der Waals surface area contributed by atoms with E-state index in [-0.39, 0.29) is 30.5 Å². The summed E-state index contributed by atoms with van der Waals surface area (Å²) in [5.41, 5.74) is 0. The van der Waals surface area contributed by atoms with Gasteiger partial charge in [-0.05, 0) is 34.1 Å². The van der Waals surface area contributed by atoms with Crippen molar-refractivity contribution in [2.75, 3.05) is 20.2 Å². The van der Waals surface area contributed by atoms with Crippen molar-refractivity contribution in [3.63, 3.8) is 0 Å². The SMILES string of the molecule is CC(C)N(C)C(=O)C1CC(CO)N(C(C)C)C1. The zero-order valence-corrected chi connectivity index (χ0v) is 11.7. The fourth-order valence-electron chi connectivity index (χ4n) is 2.48. The minimum absolute atomic E-state index is 0.0435. The highest BCUT2D eigenvalue weighted by Gasteiger charge is 2.38. The molecule has 0 aromatic carbocycles. The highest BCUT2D eigenvalue weighted by atomic mass is 16.3. The number of likely N-dealkylation sites (tertiary alicyclic amines) is 1. The van der Waals surface area contributed by atoms with Gasteiger partial charge in [0.2, 0.25) is 5.91 Å². The van der Waals surface area contributed by atoms with E-state index in [1.807, 2.05) is 25.8 Å². The minimum Gasteiger partial charge on any atom is -0.395 e. The van der Waals surface area contributed by atoms with E-state index in [1.54, 1.807) is 0 Å². The molecule has 100 valence electrons. The molecule has 1 amide bonds. The summed E-state index contributed by atoms with van der Waals surface area (Å²) in [4.78, 5) is 16.3. The summed E-state index contributed by atoms with van der Waals surface area (Å²) < 4.78 is 0. The Morgan fingerprint density at radius 2 is 2.00 bits per heavy atom. The lowest BCUT2D eigenvalue weighted by Crippen LogP contribution is -2.40. The van der Waals surface area contributed by atoms with Crippen molar-refractivity contribution in [1.29, 1.82) is 0 Å². The van der Waals surface area contributed by atoms with E-state index < -0.39 is 0 Å². The van der Waals surface area contributed by atoms with Crippen LogP contribution in [0.2, 0.25) is 0 Å². The summed E-state index contributed by atoms with van der Waals surface area (Å²) in [5, 5.41) is 9.37. The quantitative estimate of drug-likeness (QED) is 0.798. The molecule has 2 atom stereocenters. The molecule has 1 fully saturated rings. The van der Waals surface area contributed by atoms with Crippen molar-refractivity contribution in [2.45, 2.75) is 52.2 Å². The summed E-state index contributed by atoms with van der Waals surface area (Å²) in [5.74, 6) is 0.253. The smallest absolute Gasteiger partial charge is 0.227 e. The van der Waals surface area contributed by atoms with Gasteiger partial charge < -0.3 is 10.0 Å². The number of rotatable bonds is 4. The van der Waals surface area contributed by atoms with Crippen LogP contribution in [-0.2, 0) is 4.79 Å². The van der Waals surface area contributed by atoms with Crippen molar-refractivity contribution >= 4 is 5.91 Å². The molecule has 0 saturated carbocycles. The van der Waals surface area contributed by atoms with Crippen LogP contribution >= 0.6 is 0 Å². The number of hydrogen-bond acceptors (Lipinski definition) is 3. The van der Waals surface area contributed by atoms with Crippen LogP contribution in [0.1, 0.15) is 34.1 Å². The number of carbonyl (C=O) groups excluding carboxylic acids is 1. The van der Waals surface area contributed by atoms with Crippen molar-refractivity contribution in [1.82, 2.24) is 9.80 Å². The molecular formula is C13H26N2O2. The molecule has 4 nitrogen and oxygen atoms in total. The zero-order valence-electron chi connectivity index (χ0n) is 11.7. The third kappa shape index (κ3) is 3.19. The Balaban J connectivity index is 2.67. The highest BCUT2D eigenvalue weighted by Crippen LogP contribution is 2.26. The molecule has 0 radical (unpaired) electrons. The first-order valence-electron chi connectivity index (χ1n) is 6.51. The third-order valence-corrected chi connectivity index (χ3v) is 3.80. The lowest BCUT2D eigenvalue weighted by molar-refractivity contribution is -0.135. The maximum Gasteiger partial charge on any atom is 0.227 e. The Morgan fingerprint density at radius 1 is 1.41 bits per heavy atom. The summed E-state index contributed by atoms with van der Waals surface area (Å²) in [6.45, 7) is 9.20. The largest absolute Gasteiger partial charge is 0.395 e. The van der Waals surface area contributed by atoms with Crippen molar-refractivity contribution in [3.05, 3.63) is 0 Å². The Morgan fingerprint density at radius 3 is 2.35 bits per heavy atom. The Bertz CT molecular complexity index is 266. The van der Waals surface area contributed by atoms with E-state index >= 15 is 0 Å². The molecule has 0 bridgehead atoms. The maximum absolute atomic E-state index is 12.2. The number of amides is 1. The Kier molecular flexibility index (Phi) is 4.95. The Hall–Kier alpha value is -0.610. The van der Waals surface area contributed by atoms with Crippen molar-refractivity contribution < 1.29 is 9.90 Å². The average molecular weight is 242 g/mol. The van der Waals surface area contributed by atoms with E-state index in [4.69, 9.17) is 0 Å². The van der Waals surface area contributed by atoms with Crippen LogP contribution in [0.4, 0.5) is 0 Å². The first kappa shape index (κ1) is 14.5. The normalized spacial score (nSPS) is 25.9. The van der Waals surface area contributed by atoms with Gasteiger partial charge in [-0.2, -0.15) is 0 Å². The Labute approximate surface area is 105 Å². The van der Waals surface area contributed by atoms with E-state index in [1.165, 1.54) is 0 Å². The molecule has 0 aliphatic carbocycles. The molecule has 1 rings (SSSR count). The van der Waals surface area contributed by atoms with Crippen LogP contribution in [-0.4, -0.2) is 59.1 Å². The predicted octanol–water partition coefficient (Wildman–Crippen LogP) is 0.944. The van der Waals surface area contributed by atoms with Gasteiger partial charge in [-0.25, -0.2) is 0 Å². The fourth-order valence-corrected chi connectivity index (χ4v) is 2.48. The molecule has 1 aliphatic rings. The van der Waals surface area contributed by atoms with Crippen LogP contribution < -0.4 is 0 Å². The average Bonchev–Trinajstić information content (AvgIpc) is 2.70. The van der Waals surface area contributed by atoms with Gasteiger partial charge in [0.05, 0.1) is 12.5 Å². The second-order valence-corrected chi connectivity index (χ2v) is 5.60. The molecule has 4 heteroatoms. The lowest BCUT2D eigenvalue weighted by atomic mass is 10.0. The van der Waals surface area contributed by atoms with E-state index in [0.29, 0.717) is 6.04 Å². The minimum atomic E-state index is 0.0435. The molecule has 17 heavy (non-hydrogen) atoms. The topological polar surface area (TPSA) is 43.8 Å². The first-order valence-corrected chi connectivity index (χ1v) is 6.51. The first-order chi connectivity index (χ1) is 7.88. The number of nitrogens with zero attached hydrogens (tertiary/aromatic N) is 2. The van der Waals surface area contributed by atoms with Gasteiger partial charge in [-0.3, -0.25) is 9.69 Å². The summed E-state index contributed by atoms with van der Waals surface area (Å²) in [6.07, 6.45) is 0.782.